The molecule has 0 fully saturated rings. The SMILES string of the molecule is CCCCC(CC)COC(CC)CC(C[C@@H](CC)OCC(CC)CCCC)OCC(CC)CCCC. The molecule has 0 rings (SSSR count). The number of rotatable bonds is 27. The lowest BCUT2D eigenvalue weighted by Crippen LogP contribution is -2.31. The average molecular weight is 513 g/mol. The van der Waals surface area contributed by atoms with E-state index in [1.807, 2.05) is 0 Å². The second-order valence-corrected chi connectivity index (χ2v) is 11.4. The first-order valence-corrected chi connectivity index (χ1v) is 16.4. The summed E-state index contributed by atoms with van der Waals surface area (Å²) < 4.78 is 19.7. The molecule has 0 aromatic heterocycles. The van der Waals surface area contributed by atoms with Crippen LogP contribution in [0.4, 0.5) is 0 Å². The maximum Gasteiger partial charge on any atom is 0.0624 e. The summed E-state index contributed by atoms with van der Waals surface area (Å²) in [5.74, 6) is 2.06. The summed E-state index contributed by atoms with van der Waals surface area (Å²) in [5, 5.41) is 0. The number of unbranched alkanes of at least 4 members (excludes halogenated alkanes) is 3. The van der Waals surface area contributed by atoms with Gasteiger partial charge in [-0.3, -0.25) is 0 Å². The van der Waals surface area contributed by atoms with Crippen molar-refractivity contribution in [3.63, 3.8) is 0 Å². The molecule has 218 valence electrons. The van der Waals surface area contributed by atoms with Crippen LogP contribution in [0.3, 0.4) is 0 Å². The molecule has 0 aliphatic rings. The van der Waals surface area contributed by atoms with E-state index in [4.69, 9.17) is 14.2 Å². The molecule has 0 aromatic rings. The van der Waals surface area contributed by atoms with Crippen LogP contribution in [0.5, 0.6) is 0 Å². The summed E-state index contributed by atoms with van der Waals surface area (Å²) in [4.78, 5) is 0. The van der Waals surface area contributed by atoms with E-state index in [9.17, 15) is 0 Å². The minimum Gasteiger partial charge on any atom is -0.378 e. The van der Waals surface area contributed by atoms with Gasteiger partial charge in [0.15, 0.2) is 0 Å². The quantitative estimate of drug-likeness (QED) is 0.109. The van der Waals surface area contributed by atoms with Crippen LogP contribution in [0.15, 0.2) is 0 Å². The highest BCUT2D eigenvalue weighted by molar-refractivity contribution is 4.73. The van der Waals surface area contributed by atoms with Crippen LogP contribution in [0.25, 0.3) is 0 Å². The predicted molar refractivity (Wildman–Crippen MR) is 159 cm³/mol. The van der Waals surface area contributed by atoms with Crippen molar-refractivity contribution in [2.75, 3.05) is 19.8 Å². The Kier molecular flexibility index (Phi) is 25.1. The molecular formula is C33H68O3. The maximum atomic E-state index is 6.69. The van der Waals surface area contributed by atoms with Gasteiger partial charge in [0.05, 0.1) is 18.3 Å². The van der Waals surface area contributed by atoms with Gasteiger partial charge in [-0.15, -0.1) is 0 Å². The van der Waals surface area contributed by atoms with Crippen molar-refractivity contribution in [3.8, 4) is 0 Å². The third-order valence-electron chi connectivity index (χ3n) is 8.29. The lowest BCUT2D eigenvalue weighted by Gasteiger charge is -2.30. The standard InChI is InChI=1S/C33H68O3/c1-9-17-20-28(12-4)25-34-31(15-7)23-33(36-27-30(14-6)22-19-11-3)24-32(16-8)35-26-29(13-5)21-18-10-2/h28-33H,9-27H2,1-8H3/t28?,29?,30?,31-,32?,33?/m1/s1. The molecule has 0 heterocycles. The third-order valence-corrected chi connectivity index (χ3v) is 8.29. The van der Waals surface area contributed by atoms with Crippen molar-refractivity contribution in [3.05, 3.63) is 0 Å². The second kappa shape index (κ2) is 25.2. The number of hydrogen-bond donors (Lipinski definition) is 0. The van der Waals surface area contributed by atoms with E-state index in [0.29, 0.717) is 17.8 Å². The van der Waals surface area contributed by atoms with Gasteiger partial charge in [-0.2, -0.15) is 0 Å². The van der Waals surface area contributed by atoms with Crippen LogP contribution < -0.4 is 0 Å². The Bertz CT molecular complexity index is 411. The van der Waals surface area contributed by atoms with E-state index in [-0.39, 0.29) is 18.3 Å². The fourth-order valence-electron chi connectivity index (χ4n) is 5.03. The van der Waals surface area contributed by atoms with Gasteiger partial charge in [0.2, 0.25) is 0 Å². The minimum atomic E-state index is 0.224. The van der Waals surface area contributed by atoms with Crippen LogP contribution in [0.1, 0.15) is 158 Å². The molecule has 5 unspecified atom stereocenters. The largest absolute Gasteiger partial charge is 0.378 e. The molecule has 36 heavy (non-hydrogen) atoms. The van der Waals surface area contributed by atoms with Crippen LogP contribution in [-0.2, 0) is 14.2 Å². The summed E-state index contributed by atoms with van der Waals surface area (Å²) in [6, 6.07) is 0. The highest BCUT2D eigenvalue weighted by atomic mass is 16.5. The Hall–Kier alpha value is -0.120. The van der Waals surface area contributed by atoms with E-state index < -0.39 is 0 Å². The molecule has 0 amide bonds. The molecule has 0 aromatic carbocycles. The number of hydrogen-bond acceptors (Lipinski definition) is 3. The zero-order chi connectivity index (χ0) is 27.0. The third kappa shape index (κ3) is 18.2. The fraction of sp³-hybridized carbons (Fsp3) is 1.00. The van der Waals surface area contributed by atoms with Crippen LogP contribution in [0.2, 0.25) is 0 Å². The minimum absolute atomic E-state index is 0.224. The van der Waals surface area contributed by atoms with Crippen molar-refractivity contribution in [2.24, 2.45) is 17.8 Å². The van der Waals surface area contributed by atoms with Crippen LogP contribution in [-0.4, -0.2) is 38.1 Å². The molecule has 0 saturated heterocycles. The summed E-state index contributed by atoms with van der Waals surface area (Å²) in [5.41, 5.74) is 0. The molecule has 0 N–H and O–H groups in total. The molecule has 0 aliphatic heterocycles. The fourth-order valence-corrected chi connectivity index (χ4v) is 5.03. The van der Waals surface area contributed by atoms with E-state index in [0.717, 1.165) is 45.5 Å². The smallest absolute Gasteiger partial charge is 0.0624 e. The van der Waals surface area contributed by atoms with Crippen molar-refractivity contribution < 1.29 is 14.2 Å². The zero-order valence-corrected chi connectivity index (χ0v) is 26.1. The van der Waals surface area contributed by atoms with Gasteiger partial charge in [0.1, 0.15) is 0 Å². The molecule has 0 bridgehead atoms. The normalized spacial score (nSPS) is 17.0. The summed E-state index contributed by atoms with van der Waals surface area (Å²) in [6.07, 6.45) is 20.2. The van der Waals surface area contributed by atoms with E-state index >= 15 is 0 Å². The van der Waals surface area contributed by atoms with E-state index in [2.05, 4.69) is 55.4 Å². The first-order chi connectivity index (χ1) is 17.5. The molecule has 0 saturated carbocycles. The molecule has 3 nitrogen and oxygen atoms in total. The Labute approximate surface area is 228 Å². The Morgan fingerprint density at radius 3 is 0.944 bits per heavy atom. The van der Waals surface area contributed by atoms with E-state index in [1.54, 1.807) is 0 Å². The topological polar surface area (TPSA) is 27.7 Å². The van der Waals surface area contributed by atoms with Crippen molar-refractivity contribution in [1.82, 2.24) is 0 Å². The first kappa shape index (κ1) is 35.9. The molecule has 0 aliphatic carbocycles. The van der Waals surface area contributed by atoms with Crippen molar-refractivity contribution in [1.29, 1.82) is 0 Å². The number of ether oxygens (including phenoxy) is 3. The van der Waals surface area contributed by atoms with Gasteiger partial charge in [-0.05, 0) is 62.7 Å². The van der Waals surface area contributed by atoms with Crippen molar-refractivity contribution in [2.45, 2.75) is 176 Å². The van der Waals surface area contributed by atoms with E-state index in [1.165, 1.54) is 77.0 Å². The van der Waals surface area contributed by atoms with Crippen molar-refractivity contribution >= 4 is 0 Å². The van der Waals surface area contributed by atoms with Gasteiger partial charge in [0.25, 0.3) is 0 Å². The van der Waals surface area contributed by atoms with Gasteiger partial charge in [0, 0.05) is 19.8 Å². The maximum absolute atomic E-state index is 6.69. The molecular weight excluding hydrogens is 444 g/mol. The molecule has 3 heteroatoms. The monoisotopic (exact) mass is 513 g/mol. The Balaban J connectivity index is 5.13. The lowest BCUT2D eigenvalue weighted by molar-refractivity contribution is -0.0677. The van der Waals surface area contributed by atoms with Gasteiger partial charge in [-0.1, -0.05) is 113 Å². The Morgan fingerprint density at radius 1 is 0.389 bits per heavy atom. The average Bonchev–Trinajstić information content (AvgIpc) is 2.91. The predicted octanol–water partition coefficient (Wildman–Crippen LogP) is 10.4. The Morgan fingerprint density at radius 2 is 0.694 bits per heavy atom. The molecule has 0 radical (unpaired) electrons. The second-order valence-electron chi connectivity index (χ2n) is 11.4. The highest BCUT2D eigenvalue weighted by Crippen LogP contribution is 2.23. The van der Waals surface area contributed by atoms with Gasteiger partial charge < -0.3 is 14.2 Å². The zero-order valence-electron chi connectivity index (χ0n) is 26.1. The van der Waals surface area contributed by atoms with Gasteiger partial charge in [-0.25, -0.2) is 0 Å². The summed E-state index contributed by atoms with van der Waals surface area (Å²) >= 11 is 0. The summed E-state index contributed by atoms with van der Waals surface area (Å²) in [7, 11) is 0. The highest BCUT2D eigenvalue weighted by Gasteiger charge is 2.23. The summed E-state index contributed by atoms with van der Waals surface area (Å²) in [6.45, 7) is 21.0. The molecule has 6 atom stereocenters. The first-order valence-electron chi connectivity index (χ1n) is 16.4. The lowest BCUT2D eigenvalue weighted by atomic mass is 9.98. The molecule has 0 spiro atoms. The van der Waals surface area contributed by atoms with Gasteiger partial charge >= 0.3 is 0 Å². The van der Waals surface area contributed by atoms with Crippen LogP contribution in [0, 0.1) is 17.8 Å². The van der Waals surface area contributed by atoms with Crippen LogP contribution >= 0.6 is 0 Å².